The Morgan fingerprint density at radius 2 is 1.66 bits per heavy atom. The molecule has 3 aliphatic heterocycles. The molecule has 1 aromatic heterocycles. The highest BCUT2D eigenvalue weighted by molar-refractivity contribution is 7.89. The topological polar surface area (TPSA) is 153 Å². The number of carbonyl (C=O) groups is 3. The molecule has 2 saturated heterocycles. The second-order valence-electron chi connectivity index (χ2n) is 9.89. The molecular formula is C25H24FN5O6S. The average Bonchev–Trinajstić information content (AvgIpc) is 3.42. The third-order valence-electron chi connectivity index (χ3n) is 7.67. The van der Waals surface area contributed by atoms with Crippen LogP contribution in [0.2, 0.25) is 0 Å². The molecule has 3 amide bonds. The first-order valence-electron chi connectivity index (χ1n) is 12.3. The minimum absolute atomic E-state index is 0.0656. The fourth-order valence-electron chi connectivity index (χ4n) is 5.75. The number of carbonyl (C=O) groups excluding carboxylic acids is 3. The van der Waals surface area contributed by atoms with Gasteiger partial charge in [-0.3, -0.25) is 19.7 Å². The lowest BCUT2D eigenvalue weighted by Crippen LogP contribution is -2.52. The SMILES string of the molecule is O=C1CCC(N2Cc3c(cc(F)cc3C3CCN(S(=O)(=O)c4ccc5[nH]c(=O)[nH]c5c4)CC3)C2=O)C(=O)N1. The van der Waals surface area contributed by atoms with Gasteiger partial charge < -0.3 is 14.9 Å². The number of H-pyrrole nitrogens is 2. The van der Waals surface area contributed by atoms with Crippen molar-refractivity contribution >= 4 is 38.8 Å². The number of aromatic amines is 2. The van der Waals surface area contributed by atoms with Gasteiger partial charge in [-0.2, -0.15) is 4.31 Å². The van der Waals surface area contributed by atoms with Gasteiger partial charge in [0.15, 0.2) is 0 Å². The molecule has 4 heterocycles. The van der Waals surface area contributed by atoms with Crippen LogP contribution in [0.5, 0.6) is 0 Å². The van der Waals surface area contributed by atoms with Crippen molar-refractivity contribution in [3.05, 3.63) is 63.3 Å². The highest BCUT2D eigenvalue weighted by Gasteiger charge is 2.41. The average molecular weight is 542 g/mol. The summed E-state index contributed by atoms with van der Waals surface area (Å²) in [6.07, 6.45) is 1.18. The number of imidazole rings is 1. The van der Waals surface area contributed by atoms with Crippen LogP contribution >= 0.6 is 0 Å². The number of amides is 3. The van der Waals surface area contributed by atoms with Crippen LogP contribution in [0, 0.1) is 5.82 Å². The van der Waals surface area contributed by atoms with E-state index in [9.17, 15) is 32.0 Å². The van der Waals surface area contributed by atoms with E-state index in [4.69, 9.17) is 0 Å². The van der Waals surface area contributed by atoms with Gasteiger partial charge in [0.1, 0.15) is 11.9 Å². The molecule has 198 valence electrons. The van der Waals surface area contributed by atoms with Crippen molar-refractivity contribution in [2.24, 2.45) is 0 Å². The first-order chi connectivity index (χ1) is 18.1. The molecule has 1 atom stereocenters. The molecule has 0 saturated carbocycles. The number of aromatic nitrogens is 2. The summed E-state index contributed by atoms with van der Waals surface area (Å²) < 4.78 is 42.6. The van der Waals surface area contributed by atoms with Gasteiger partial charge >= 0.3 is 5.69 Å². The monoisotopic (exact) mass is 541 g/mol. The zero-order chi connectivity index (χ0) is 26.8. The smallest absolute Gasteiger partial charge is 0.322 e. The highest BCUT2D eigenvalue weighted by Crippen LogP contribution is 2.38. The lowest BCUT2D eigenvalue weighted by Gasteiger charge is -2.32. The number of piperidine rings is 2. The molecule has 0 radical (unpaired) electrons. The third-order valence-corrected chi connectivity index (χ3v) is 9.57. The molecule has 38 heavy (non-hydrogen) atoms. The Morgan fingerprint density at radius 3 is 2.39 bits per heavy atom. The molecule has 2 fully saturated rings. The molecule has 3 aromatic rings. The number of nitrogens with one attached hydrogen (secondary N) is 3. The second-order valence-corrected chi connectivity index (χ2v) is 11.8. The largest absolute Gasteiger partial charge is 0.323 e. The number of benzene rings is 2. The number of rotatable bonds is 4. The zero-order valence-electron chi connectivity index (χ0n) is 20.1. The Labute approximate surface area is 216 Å². The predicted octanol–water partition coefficient (Wildman–Crippen LogP) is 1.32. The number of fused-ring (bicyclic) bond motifs is 2. The molecule has 3 aliphatic rings. The van der Waals surface area contributed by atoms with Crippen LogP contribution in [-0.2, 0) is 26.2 Å². The molecule has 0 aliphatic carbocycles. The summed E-state index contributed by atoms with van der Waals surface area (Å²) in [5.41, 5.74) is 1.97. The molecule has 0 bridgehead atoms. The number of imide groups is 1. The van der Waals surface area contributed by atoms with E-state index in [1.807, 2.05) is 0 Å². The van der Waals surface area contributed by atoms with Crippen LogP contribution < -0.4 is 11.0 Å². The van der Waals surface area contributed by atoms with Crippen LogP contribution in [0.4, 0.5) is 4.39 Å². The number of halogens is 1. The molecule has 0 spiro atoms. The fourth-order valence-corrected chi connectivity index (χ4v) is 7.24. The van der Waals surface area contributed by atoms with Crippen molar-refractivity contribution in [3.63, 3.8) is 0 Å². The highest BCUT2D eigenvalue weighted by atomic mass is 32.2. The van der Waals surface area contributed by atoms with Crippen LogP contribution in [0.15, 0.2) is 40.0 Å². The van der Waals surface area contributed by atoms with E-state index < -0.39 is 39.4 Å². The Hall–Kier alpha value is -3.84. The number of nitrogens with zero attached hydrogens (tertiary/aromatic N) is 2. The van der Waals surface area contributed by atoms with Crippen LogP contribution in [0.1, 0.15) is 53.1 Å². The van der Waals surface area contributed by atoms with E-state index in [0.29, 0.717) is 35.0 Å². The molecule has 6 rings (SSSR count). The first kappa shape index (κ1) is 24.5. The Bertz CT molecular complexity index is 1670. The van der Waals surface area contributed by atoms with Crippen LogP contribution in [0.3, 0.4) is 0 Å². The molecular weight excluding hydrogens is 517 g/mol. The minimum atomic E-state index is -3.82. The van der Waals surface area contributed by atoms with Crippen molar-refractivity contribution in [1.82, 2.24) is 24.5 Å². The molecule has 3 N–H and O–H groups in total. The summed E-state index contributed by atoms with van der Waals surface area (Å²) in [5, 5.41) is 2.26. The van der Waals surface area contributed by atoms with Crippen LogP contribution in [0.25, 0.3) is 11.0 Å². The maximum atomic E-state index is 14.6. The quantitative estimate of drug-likeness (QED) is 0.424. The van der Waals surface area contributed by atoms with Gasteiger partial charge in [0.25, 0.3) is 5.91 Å². The van der Waals surface area contributed by atoms with E-state index in [-0.39, 0.29) is 54.8 Å². The normalized spacial score (nSPS) is 21.2. The molecule has 11 nitrogen and oxygen atoms in total. The zero-order valence-corrected chi connectivity index (χ0v) is 20.9. The minimum Gasteiger partial charge on any atom is -0.322 e. The summed E-state index contributed by atoms with van der Waals surface area (Å²) in [4.78, 5) is 55.2. The Kier molecular flexibility index (Phi) is 5.72. The van der Waals surface area contributed by atoms with E-state index >= 15 is 0 Å². The van der Waals surface area contributed by atoms with E-state index in [1.165, 1.54) is 39.5 Å². The van der Waals surface area contributed by atoms with E-state index in [0.717, 1.165) is 0 Å². The Morgan fingerprint density at radius 1 is 0.921 bits per heavy atom. The van der Waals surface area contributed by atoms with Gasteiger partial charge in [-0.25, -0.2) is 17.6 Å². The van der Waals surface area contributed by atoms with Gasteiger partial charge in [0.05, 0.1) is 15.9 Å². The summed E-state index contributed by atoms with van der Waals surface area (Å²) in [6.45, 7) is 0.527. The van der Waals surface area contributed by atoms with E-state index in [2.05, 4.69) is 15.3 Å². The molecule has 2 aromatic carbocycles. The molecule has 13 heteroatoms. The third kappa shape index (κ3) is 4.02. The van der Waals surface area contributed by atoms with Gasteiger partial charge in [-0.1, -0.05) is 0 Å². The van der Waals surface area contributed by atoms with Gasteiger partial charge in [0.2, 0.25) is 21.8 Å². The summed E-state index contributed by atoms with van der Waals surface area (Å²) >= 11 is 0. The number of hydrogen-bond donors (Lipinski definition) is 3. The lowest BCUT2D eigenvalue weighted by atomic mass is 9.86. The first-order valence-corrected chi connectivity index (χ1v) is 13.7. The summed E-state index contributed by atoms with van der Waals surface area (Å²) in [5.74, 6) is -2.12. The predicted molar refractivity (Wildman–Crippen MR) is 132 cm³/mol. The van der Waals surface area contributed by atoms with Crippen molar-refractivity contribution in [3.8, 4) is 0 Å². The van der Waals surface area contributed by atoms with E-state index in [1.54, 1.807) is 0 Å². The number of sulfonamides is 1. The summed E-state index contributed by atoms with van der Waals surface area (Å²) in [6, 6.07) is 6.17. The Balaban J connectivity index is 1.22. The fraction of sp³-hybridized carbons (Fsp3) is 0.360. The van der Waals surface area contributed by atoms with Crippen molar-refractivity contribution in [2.45, 2.75) is 49.1 Å². The second kappa shape index (κ2) is 8.88. The van der Waals surface area contributed by atoms with Crippen LogP contribution in [-0.4, -0.2) is 64.4 Å². The lowest BCUT2D eigenvalue weighted by molar-refractivity contribution is -0.136. The summed E-state index contributed by atoms with van der Waals surface area (Å²) in [7, 11) is -3.82. The maximum absolute atomic E-state index is 14.6. The van der Waals surface area contributed by atoms with Crippen molar-refractivity contribution in [2.75, 3.05) is 13.1 Å². The maximum Gasteiger partial charge on any atom is 0.323 e. The van der Waals surface area contributed by atoms with Gasteiger partial charge in [-0.15, -0.1) is 0 Å². The van der Waals surface area contributed by atoms with Gasteiger partial charge in [-0.05, 0) is 66.6 Å². The van der Waals surface area contributed by atoms with Crippen molar-refractivity contribution in [1.29, 1.82) is 0 Å². The van der Waals surface area contributed by atoms with Gasteiger partial charge in [0, 0.05) is 31.6 Å². The van der Waals surface area contributed by atoms with Crippen molar-refractivity contribution < 1.29 is 27.2 Å². The number of hydrogen-bond acceptors (Lipinski definition) is 6. The molecule has 1 unspecified atom stereocenters. The standard InChI is InChI=1S/C25H24FN5O6S/c26-14-9-16(18-12-31(24(34)17(18)10-14)21-3-4-22(32)29-23(21)33)13-5-7-30(8-6-13)38(36,37)15-1-2-19-20(11-15)28-25(35)27-19/h1-2,9-11,13,21H,3-8,12H2,(H2,27,28,35)(H,29,32,33).